The van der Waals surface area contributed by atoms with Crippen molar-refractivity contribution in [2.75, 3.05) is 16.6 Å². The van der Waals surface area contributed by atoms with Crippen molar-refractivity contribution in [2.45, 2.75) is 6.42 Å². The van der Waals surface area contributed by atoms with Gasteiger partial charge in [-0.15, -0.1) is 0 Å². The summed E-state index contributed by atoms with van der Waals surface area (Å²) in [5.74, 6) is -0.461. The molecule has 0 unspecified atom stereocenters. The van der Waals surface area contributed by atoms with Gasteiger partial charge in [-0.2, -0.15) is 0 Å². The molecule has 1 fully saturated rings. The molecule has 0 bridgehead atoms. The van der Waals surface area contributed by atoms with Crippen molar-refractivity contribution in [3.05, 3.63) is 52.7 Å². The summed E-state index contributed by atoms with van der Waals surface area (Å²) in [5, 5.41) is 2.65. The van der Waals surface area contributed by atoms with E-state index in [1.165, 1.54) is 22.5 Å². The minimum absolute atomic E-state index is 0.0522. The second-order valence-corrected chi connectivity index (χ2v) is 7.51. The Morgan fingerprint density at radius 3 is 2.59 bits per heavy atom. The summed E-state index contributed by atoms with van der Waals surface area (Å²) in [6.45, 7) is 7.42. The minimum Gasteiger partial charge on any atom is -0.323 e. The number of rotatable bonds is 4. The van der Waals surface area contributed by atoms with Gasteiger partial charge in [-0.05, 0) is 24.6 Å². The summed E-state index contributed by atoms with van der Waals surface area (Å²) in [7, 11) is -3.37. The number of hydrogen-bond acceptors (Lipinski definition) is 3. The van der Waals surface area contributed by atoms with Crippen LogP contribution < -0.4 is 9.62 Å². The summed E-state index contributed by atoms with van der Waals surface area (Å²) < 4.78 is 25.2. The molecule has 1 saturated heterocycles. The summed E-state index contributed by atoms with van der Waals surface area (Å²) in [6, 6.07) is 2.84. The third-order valence-corrected chi connectivity index (χ3v) is 5.84. The largest absolute Gasteiger partial charge is 0.323 e. The van der Waals surface area contributed by atoms with Crippen LogP contribution in [-0.4, -0.2) is 26.6 Å². The molecule has 0 spiro atoms. The van der Waals surface area contributed by atoms with Crippen LogP contribution in [0.15, 0.2) is 37.1 Å². The highest BCUT2D eigenvalue weighted by atomic mass is 35.5. The zero-order valence-corrected chi connectivity index (χ0v) is 13.9. The van der Waals surface area contributed by atoms with Crippen LogP contribution in [0.5, 0.6) is 0 Å². The Bertz CT molecular complexity index is 760. The van der Waals surface area contributed by atoms with Crippen LogP contribution in [0.2, 0.25) is 10.0 Å². The molecule has 1 amide bonds. The summed E-state index contributed by atoms with van der Waals surface area (Å²) >= 11 is 12.1. The lowest BCUT2D eigenvalue weighted by molar-refractivity contribution is 0.0967. The van der Waals surface area contributed by atoms with Gasteiger partial charge in [0.05, 0.1) is 27.0 Å². The van der Waals surface area contributed by atoms with E-state index < -0.39 is 15.9 Å². The Labute approximate surface area is 139 Å². The molecule has 5 nitrogen and oxygen atoms in total. The fraction of sp³-hybridized carbons (Fsp3) is 0.214. The van der Waals surface area contributed by atoms with E-state index in [1.54, 1.807) is 0 Å². The normalized spacial score (nSPS) is 16.4. The van der Waals surface area contributed by atoms with Gasteiger partial charge in [0.1, 0.15) is 0 Å². The zero-order chi connectivity index (χ0) is 16.5. The quantitative estimate of drug-likeness (QED) is 0.839. The third-order valence-electron chi connectivity index (χ3n) is 3.17. The average Bonchev–Trinajstić information content (AvgIpc) is 2.80. The number of allylic oxidation sites excluding steroid dienone is 1. The number of carbonyl (C=O) groups excluding carboxylic acids is 1. The number of sulfonamides is 1. The van der Waals surface area contributed by atoms with E-state index in [0.717, 1.165) is 0 Å². The van der Waals surface area contributed by atoms with Crippen molar-refractivity contribution in [3.63, 3.8) is 0 Å². The molecule has 1 aromatic rings. The van der Waals surface area contributed by atoms with Crippen molar-refractivity contribution < 1.29 is 13.2 Å². The molecule has 0 atom stereocenters. The molecule has 1 N–H and O–H groups in total. The molecule has 1 aliphatic rings. The molecule has 1 aromatic carbocycles. The van der Waals surface area contributed by atoms with E-state index in [4.69, 9.17) is 23.2 Å². The molecular formula is C14H14Cl2N2O3S. The van der Waals surface area contributed by atoms with E-state index >= 15 is 0 Å². The van der Waals surface area contributed by atoms with Gasteiger partial charge in [-0.1, -0.05) is 36.4 Å². The van der Waals surface area contributed by atoms with Gasteiger partial charge >= 0.3 is 0 Å². The number of carbonyl (C=O) groups is 1. The monoisotopic (exact) mass is 360 g/mol. The van der Waals surface area contributed by atoms with E-state index in [2.05, 4.69) is 18.5 Å². The zero-order valence-electron chi connectivity index (χ0n) is 11.6. The minimum atomic E-state index is -3.37. The second kappa shape index (κ2) is 6.32. The van der Waals surface area contributed by atoms with Crippen LogP contribution >= 0.6 is 23.2 Å². The molecule has 0 aromatic heterocycles. The Hall–Kier alpha value is -1.50. The number of benzene rings is 1. The van der Waals surface area contributed by atoms with E-state index in [0.29, 0.717) is 24.4 Å². The summed E-state index contributed by atoms with van der Waals surface area (Å²) in [6.07, 6.45) is 1.90. The molecule has 2 rings (SSSR count). The number of anilines is 1. The fourth-order valence-corrected chi connectivity index (χ4v) is 4.03. The van der Waals surface area contributed by atoms with Crippen LogP contribution in [0, 0.1) is 0 Å². The Balaban J connectivity index is 2.45. The molecule has 22 heavy (non-hydrogen) atoms. The molecular weight excluding hydrogens is 347 g/mol. The predicted octanol–water partition coefficient (Wildman–Crippen LogP) is 2.96. The first-order chi connectivity index (χ1) is 10.3. The molecule has 1 heterocycles. The number of halogens is 2. The van der Waals surface area contributed by atoms with Gasteiger partial charge in [0.15, 0.2) is 0 Å². The highest BCUT2D eigenvalue weighted by Crippen LogP contribution is 2.34. The number of hydrogen-bond donors (Lipinski definition) is 1. The highest BCUT2D eigenvalue weighted by molar-refractivity contribution is 7.93. The molecule has 0 aliphatic carbocycles. The van der Waals surface area contributed by atoms with Gasteiger partial charge in [0.25, 0.3) is 5.91 Å². The first-order valence-electron chi connectivity index (χ1n) is 6.38. The van der Waals surface area contributed by atoms with Gasteiger partial charge in [0, 0.05) is 12.2 Å². The van der Waals surface area contributed by atoms with Crippen molar-refractivity contribution in [1.82, 2.24) is 5.32 Å². The van der Waals surface area contributed by atoms with Crippen molar-refractivity contribution in [1.29, 1.82) is 0 Å². The van der Waals surface area contributed by atoms with Crippen LogP contribution in [0.25, 0.3) is 0 Å². The van der Waals surface area contributed by atoms with Crippen LogP contribution in [0.1, 0.15) is 16.8 Å². The molecule has 0 saturated carbocycles. The van der Waals surface area contributed by atoms with Crippen LogP contribution in [0.4, 0.5) is 5.69 Å². The molecule has 8 heteroatoms. The second-order valence-electron chi connectivity index (χ2n) is 4.71. The van der Waals surface area contributed by atoms with Gasteiger partial charge < -0.3 is 5.32 Å². The Morgan fingerprint density at radius 2 is 2.05 bits per heavy atom. The van der Waals surface area contributed by atoms with Crippen LogP contribution in [0.3, 0.4) is 0 Å². The Morgan fingerprint density at radius 1 is 1.36 bits per heavy atom. The van der Waals surface area contributed by atoms with Crippen molar-refractivity contribution in [2.24, 2.45) is 0 Å². The topological polar surface area (TPSA) is 66.5 Å². The maximum Gasteiger partial charge on any atom is 0.257 e. The lowest BCUT2D eigenvalue weighted by atomic mass is 10.1. The standard InChI is InChI=1S/C14H14Cl2N2O3S/c1-3-9(2)17-14(19)11-7-10(8-12(15)13(11)16)18-5-4-6-22(18,20)21/h3,7-8H,1-2,4-6H2,(H,17,19). The maximum atomic E-state index is 12.2. The maximum absolute atomic E-state index is 12.2. The van der Waals surface area contributed by atoms with Gasteiger partial charge in [0.2, 0.25) is 10.0 Å². The molecule has 0 radical (unpaired) electrons. The third kappa shape index (κ3) is 3.29. The summed E-state index contributed by atoms with van der Waals surface area (Å²) in [4.78, 5) is 12.2. The predicted molar refractivity (Wildman–Crippen MR) is 89.0 cm³/mol. The average molecular weight is 361 g/mol. The summed E-state index contributed by atoms with van der Waals surface area (Å²) in [5.41, 5.74) is 0.701. The van der Waals surface area contributed by atoms with Crippen molar-refractivity contribution in [3.8, 4) is 0 Å². The Kier molecular flexibility index (Phi) is 4.84. The fourth-order valence-electron chi connectivity index (χ4n) is 2.08. The lowest BCUT2D eigenvalue weighted by Gasteiger charge is -2.19. The SMILES string of the molecule is C=CC(=C)NC(=O)c1cc(N2CCCS2(=O)=O)cc(Cl)c1Cl. The first-order valence-corrected chi connectivity index (χ1v) is 8.75. The van der Waals surface area contributed by atoms with E-state index in [1.807, 2.05) is 0 Å². The molecule has 1 aliphatic heterocycles. The lowest BCUT2D eigenvalue weighted by Crippen LogP contribution is -2.26. The van der Waals surface area contributed by atoms with Crippen LogP contribution in [-0.2, 0) is 10.0 Å². The van der Waals surface area contributed by atoms with Crippen molar-refractivity contribution >= 4 is 44.8 Å². The van der Waals surface area contributed by atoms with E-state index in [9.17, 15) is 13.2 Å². The number of nitrogens with one attached hydrogen (secondary N) is 1. The first kappa shape index (κ1) is 16.9. The smallest absolute Gasteiger partial charge is 0.257 e. The van der Waals surface area contributed by atoms with Gasteiger partial charge in [-0.3, -0.25) is 9.10 Å². The molecule has 118 valence electrons. The number of nitrogens with zero attached hydrogens (tertiary/aromatic N) is 1. The number of amides is 1. The highest BCUT2D eigenvalue weighted by Gasteiger charge is 2.30. The van der Waals surface area contributed by atoms with Gasteiger partial charge in [-0.25, -0.2) is 8.42 Å². The van der Waals surface area contributed by atoms with E-state index in [-0.39, 0.29) is 21.4 Å².